The van der Waals surface area contributed by atoms with E-state index < -0.39 is 0 Å². The molecular weight excluding hydrogens is 458 g/mol. The number of rotatable bonds is 5. The van der Waals surface area contributed by atoms with Gasteiger partial charge >= 0.3 is 0 Å². The first-order valence-corrected chi connectivity index (χ1v) is 12.9. The molecule has 1 amide bonds. The van der Waals surface area contributed by atoms with E-state index in [1.165, 1.54) is 25.7 Å². The maximum absolute atomic E-state index is 13.1. The molecule has 2 aromatic carbocycles. The van der Waals surface area contributed by atoms with Crippen LogP contribution < -0.4 is 5.32 Å². The Morgan fingerprint density at radius 1 is 0.914 bits per heavy atom. The zero-order valence-electron chi connectivity index (χ0n) is 20.2. The van der Waals surface area contributed by atoms with Gasteiger partial charge in [-0.25, -0.2) is 9.97 Å². The Bertz CT molecular complexity index is 1130. The number of carbonyl (C=O) groups is 1. The summed E-state index contributed by atoms with van der Waals surface area (Å²) in [5.74, 6) is 1.48. The number of carbonyl (C=O) groups excluding carboxylic acids is 1. The first-order chi connectivity index (χ1) is 17.0. The van der Waals surface area contributed by atoms with E-state index in [2.05, 4.69) is 27.1 Å². The predicted molar refractivity (Wildman–Crippen MR) is 141 cm³/mol. The standard InChI is InChI=1S/C28H32ClN5O/c1-20-2-12-25(13-3-20)33-16-18-34(19-17-33)27(35)22-6-10-24(11-7-22)31-28-30-15-14-26(32-28)21-4-8-23(29)9-5-21/h4-11,14-15,20,25H,2-3,12-13,16-19H2,1H3,(H,30,31,32). The van der Waals surface area contributed by atoms with Crippen LogP contribution in [-0.2, 0) is 0 Å². The molecule has 0 radical (unpaired) electrons. The van der Waals surface area contributed by atoms with Crippen molar-refractivity contribution in [2.75, 3.05) is 31.5 Å². The number of nitrogens with one attached hydrogen (secondary N) is 1. The highest BCUT2D eigenvalue weighted by Crippen LogP contribution is 2.28. The van der Waals surface area contributed by atoms with Crippen molar-refractivity contribution in [2.24, 2.45) is 5.92 Å². The van der Waals surface area contributed by atoms with Crippen LogP contribution in [-0.4, -0.2) is 57.9 Å². The number of nitrogens with zero attached hydrogens (tertiary/aromatic N) is 4. The van der Waals surface area contributed by atoms with Gasteiger partial charge in [-0.15, -0.1) is 0 Å². The summed E-state index contributed by atoms with van der Waals surface area (Å²) in [5.41, 5.74) is 3.34. The van der Waals surface area contributed by atoms with Crippen LogP contribution in [0.15, 0.2) is 60.8 Å². The molecule has 182 valence electrons. The molecule has 0 unspecified atom stereocenters. The van der Waals surface area contributed by atoms with E-state index in [9.17, 15) is 4.79 Å². The average molecular weight is 490 g/mol. The maximum Gasteiger partial charge on any atom is 0.253 e. The quantitative estimate of drug-likeness (QED) is 0.485. The average Bonchev–Trinajstić information content (AvgIpc) is 2.90. The van der Waals surface area contributed by atoms with Crippen LogP contribution in [0.1, 0.15) is 43.0 Å². The van der Waals surface area contributed by atoms with Crippen LogP contribution in [0.4, 0.5) is 11.6 Å². The van der Waals surface area contributed by atoms with Crippen LogP contribution in [0.5, 0.6) is 0 Å². The summed E-state index contributed by atoms with van der Waals surface area (Å²) in [6, 6.07) is 17.7. The Morgan fingerprint density at radius 2 is 1.60 bits per heavy atom. The Morgan fingerprint density at radius 3 is 2.29 bits per heavy atom. The summed E-state index contributed by atoms with van der Waals surface area (Å²) in [4.78, 5) is 26.6. The summed E-state index contributed by atoms with van der Waals surface area (Å²) in [6.45, 7) is 5.92. The number of amides is 1. The first kappa shape index (κ1) is 23.8. The Labute approximate surface area is 212 Å². The fraction of sp³-hybridized carbons (Fsp3) is 0.393. The minimum absolute atomic E-state index is 0.106. The second kappa shape index (κ2) is 10.8. The third kappa shape index (κ3) is 5.82. The molecule has 3 aromatic rings. The molecular formula is C28H32ClN5O. The smallest absolute Gasteiger partial charge is 0.253 e. The number of aromatic nitrogens is 2. The molecule has 0 atom stereocenters. The van der Waals surface area contributed by atoms with Crippen molar-refractivity contribution in [2.45, 2.75) is 38.6 Å². The summed E-state index contributed by atoms with van der Waals surface area (Å²) < 4.78 is 0. The second-order valence-electron chi connectivity index (χ2n) is 9.72. The van der Waals surface area contributed by atoms with Gasteiger partial charge in [-0.05, 0) is 74.1 Å². The third-order valence-electron chi connectivity index (χ3n) is 7.29. The SMILES string of the molecule is CC1CCC(N2CCN(C(=O)c3ccc(Nc4nccc(-c5ccc(Cl)cc5)n4)cc3)CC2)CC1. The molecule has 1 saturated carbocycles. The summed E-state index contributed by atoms with van der Waals surface area (Å²) >= 11 is 5.99. The van der Waals surface area contributed by atoms with Crippen molar-refractivity contribution >= 4 is 29.1 Å². The number of halogens is 1. The predicted octanol–water partition coefficient (Wildman–Crippen LogP) is 5.88. The number of hydrogen-bond acceptors (Lipinski definition) is 5. The summed E-state index contributed by atoms with van der Waals surface area (Å²) in [7, 11) is 0. The highest BCUT2D eigenvalue weighted by Gasteiger charge is 2.28. The lowest BCUT2D eigenvalue weighted by Gasteiger charge is -2.41. The van der Waals surface area contributed by atoms with E-state index in [0.717, 1.165) is 49.0 Å². The zero-order valence-corrected chi connectivity index (χ0v) is 20.9. The van der Waals surface area contributed by atoms with Crippen molar-refractivity contribution in [1.29, 1.82) is 0 Å². The molecule has 7 heteroatoms. The van der Waals surface area contributed by atoms with Gasteiger partial charge in [-0.1, -0.05) is 30.7 Å². The van der Waals surface area contributed by atoms with Gasteiger partial charge in [-0.3, -0.25) is 9.69 Å². The Balaban J connectivity index is 1.17. The van der Waals surface area contributed by atoms with Crippen molar-refractivity contribution in [3.63, 3.8) is 0 Å². The summed E-state index contributed by atoms with van der Waals surface area (Å²) in [5, 5.41) is 3.93. The fourth-order valence-electron chi connectivity index (χ4n) is 5.11. The minimum Gasteiger partial charge on any atom is -0.336 e. The topological polar surface area (TPSA) is 61.4 Å². The van der Waals surface area contributed by atoms with Gasteiger partial charge in [-0.2, -0.15) is 0 Å². The van der Waals surface area contributed by atoms with Crippen molar-refractivity contribution in [3.05, 3.63) is 71.4 Å². The molecule has 1 aliphatic heterocycles. The monoisotopic (exact) mass is 489 g/mol. The number of hydrogen-bond donors (Lipinski definition) is 1. The lowest BCUT2D eigenvalue weighted by atomic mass is 9.86. The van der Waals surface area contributed by atoms with Crippen LogP contribution in [0, 0.1) is 5.92 Å². The molecule has 0 spiro atoms. The highest BCUT2D eigenvalue weighted by atomic mass is 35.5. The number of piperazine rings is 1. The third-order valence-corrected chi connectivity index (χ3v) is 7.54. The normalized spacial score (nSPS) is 21.0. The number of anilines is 2. The molecule has 1 N–H and O–H groups in total. The zero-order chi connectivity index (χ0) is 24.2. The van der Waals surface area contributed by atoms with Crippen molar-refractivity contribution in [1.82, 2.24) is 19.8 Å². The van der Waals surface area contributed by atoms with Gasteiger partial charge in [0, 0.05) is 60.3 Å². The molecule has 5 rings (SSSR count). The molecule has 0 bridgehead atoms. The summed E-state index contributed by atoms with van der Waals surface area (Å²) in [6.07, 6.45) is 7.00. The second-order valence-corrected chi connectivity index (χ2v) is 10.2. The van der Waals surface area contributed by atoms with E-state index >= 15 is 0 Å². The molecule has 1 aliphatic carbocycles. The largest absolute Gasteiger partial charge is 0.336 e. The van der Waals surface area contributed by atoms with Crippen LogP contribution in [0.2, 0.25) is 5.02 Å². The molecule has 2 heterocycles. The van der Waals surface area contributed by atoms with Gasteiger partial charge in [0.2, 0.25) is 5.95 Å². The van der Waals surface area contributed by atoms with Crippen LogP contribution >= 0.6 is 11.6 Å². The van der Waals surface area contributed by atoms with E-state index in [4.69, 9.17) is 11.6 Å². The first-order valence-electron chi connectivity index (χ1n) is 12.5. The number of benzene rings is 2. The molecule has 6 nitrogen and oxygen atoms in total. The van der Waals surface area contributed by atoms with Gasteiger partial charge in [0.15, 0.2) is 0 Å². The van der Waals surface area contributed by atoms with E-state index in [1.54, 1.807) is 6.20 Å². The van der Waals surface area contributed by atoms with Crippen LogP contribution in [0.3, 0.4) is 0 Å². The minimum atomic E-state index is 0.106. The molecule has 1 aromatic heterocycles. The van der Waals surface area contributed by atoms with E-state index in [1.807, 2.05) is 59.5 Å². The van der Waals surface area contributed by atoms with E-state index in [0.29, 0.717) is 22.6 Å². The van der Waals surface area contributed by atoms with Crippen LogP contribution in [0.25, 0.3) is 11.3 Å². The lowest BCUT2D eigenvalue weighted by molar-refractivity contribution is 0.0501. The van der Waals surface area contributed by atoms with Gasteiger partial charge in [0.25, 0.3) is 5.91 Å². The maximum atomic E-state index is 13.1. The molecule has 2 fully saturated rings. The molecule has 35 heavy (non-hydrogen) atoms. The molecule has 2 aliphatic rings. The van der Waals surface area contributed by atoms with Gasteiger partial charge < -0.3 is 10.2 Å². The lowest BCUT2D eigenvalue weighted by Crippen LogP contribution is -2.52. The molecule has 1 saturated heterocycles. The Hall–Kier alpha value is -2.96. The highest BCUT2D eigenvalue weighted by molar-refractivity contribution is 6.30. The van der Waals surface area contributed by atoms with Crippen molar-refractivity contribution in [3.8, 4) is 11.3 Å². The van der Waals surface area contributed by atoms with Gasteiger partial charge in [0.05, 0.1) is 5.69 Å². The fourth-order valence-corrected chi connectivity index (χ4v) is 5.23. The van der Waals surface area contributed by atoms with Gasteiger partial charge in [0.1, 0.15) is 0 Å². The van der Waals surface area contributed by atoms with E-state index in [-0.39, 0.29) is 5.91 Å². The Kier molecular flexibility index (Phi) is 7.30. The van der Waals surface area contributed by atoms with Crippen molar-refractivity contribution < 1.29 is 4.79 Å².